The number of rotatable bonds is 28. The Bertz CT molecular complexity index is 2660. The summed E-state index contributed by atoms with van der Waals surface area (Å²) in [5.74, 6) is -0.961. The van der Waals surface area contributed by atoms with Gasteiger partial charge in [0.15, 0.2) is 11.6 Å². The number of halogens is 2. The summed E-state index contributed by atoms with van der Waals surface area (Å²) in [5.41, 5.74) is 6.40. The Labute approximate surface area is 412 Å². The first-order valence-corrected chi connectivity index (χ1v) is 26.9. The summed E-state index contributed by atoms with van der Waals surface area (Å²) in [6.45, 7) is 6.88. The van der Waals surface area contributed by atoms with E-state index in [-0.39, 0.29) is 11.1 Å². The minimum absolute atomic E-state index is 0.171. The summed E-state index contributed by atoms with van der Waals surface area (Å²) < 4.78 is 38.2. The van der Waals surface area contributed by atoms with Crippen LogP contribution < -0.4 is 9.64 Å². The molecule has 5 nitrogen and oxygen atoms in total. The number of fused-ring (bicyclic) bond motifs is 1. The molecule has 0 radical (unpaired) electrons. The van der Waals surface area contributed by atoms with Crippen LogP contribution in [0.4, 0.5) is 25.8 Å². The maximum absolute atomic E-state index is 16.4. The van der Waals surface area contributed by atoms with Gasteiger partial charge in [-0.25, -0.2) is 8.78 Å². The van der Waals surface area contributed by atoms with Gasteiger partial charge in [-0.1, -0.05) is 159 Å². The lowest BCUT2D eigenvalue weighted by Crippen LogP contribution is -2.09. The van der Waals surface area contributed by atoms with E-state index in [1.54, 1.807) is 11.9 Å². The Morgan fingerprint density at radius 2 is 0.971 bits per heavy atom. The van der Waals surface area contributed by atoms with Gasteiger partial charge in [0.05, 0.1) is 24.8 Å². The molecular formula is C59H70F2N4OS2. The SMILES string of the molecule is C/C=C/c1ccc(N(c2ccc(/C=C/c3ccc(-c4c(F)c(F)c(-c5ccc(C)s5)c5nn(CCCCCCCCCCCCCCCCCCCC)nc45)s3)cc2)c2ccc(OC)cc2)cc1. The summed E-state index contributed by atoms with van der Waals surface area (Å²) in [6, 6.07) is 32.6. The lowest BCUT2D eigenvalue weighted by Gasteiger charge is -2.26. The summed E-state index contributed by atoms with van der Waals surface area (Å²) in [7, 11) is 1.67. The molecule has 0 fully saturated rings. The number of benzene rings is 4. The number of aromatic nitrogens is 3. The highest BCUT2D eigenvalue weighted by molar-refractivity contribution is 7.16. The zero-order chi connectivity index (χ0) is 47.5. The van der Waals surface area contributed by atoms with Gasteiger partial charge in [0.2, 0.25) is 0 Å². The van der Waals surface area contributed by atoms with E-state index in [0.29, 0.717) is 27.3 Å². The molecule has 0 amide bonds. The van der Waals surface area contributed by atoms with Gasteiger partial charge >= 0.3 is 0 Å². The molecule has 0 aliphatic heterocycles. The third-order valence-electron chi connectivity index (χ3n) is 12.8. The number of nitrogens with zero attached hydrogens (tertiary/aromatic N) is 4. The van der Waals surface area contributed by atoms with Gasteiger partial charge in [-0.05, 0) is 110 Å². The molecule has 0 atom stereocenters. The quantitative estimate of drug-likeness (QED) is 0.0459. The van der Waals surface area contributed by atoms with Crippen molar-refractivity contribution < 1.29 is 13.5 Å². The molecule has 0 spiro atoms. The topological polar surface area (TPSA) is 43.2 Å². The summed E-state index contributed by atoms with van der Waals surface area (Å²) in [6.07, 6.45) is 31.9. The first-order valence-electron chi connectivity index (χ1n) is 25.2. The summed E-state index contributed by atoms with van der Waals surface area (Å²) in [5, 5.41) is 9.71. The van der Waals surface area contributed by atoms with E-state index in [0.717, 1.165) is 56.5 Å². The number of thiophene rings is 2. The van der Waals surface area contributed by atoms with Crippen LogP contribution in [0.15, 0.2) is 103 Å². The molecule has 3 aromatic heterocycles. The van der Waals surface area contributed by atoms with Crippen molar-refractivity contribution in [2.24, 2.45) is 0 Å². The number of hydrogen-bond donors (Lipinski definition) is 0. The summed E-state index contributed by atoms with van der Waals surface area (Å²) >= 11 is 2.86. The van der Waals surface area contributed by atoms with Crippen molar-refractivity contribution in [1.82, 2.24) is 15.0 Å². The van der Waals surface area contributed by atoms with Gasteiger partial charge in [0.1, 0.15) is 16.8 Å². The number of anilines is 3. The lowest BCUT2D eigenvalue weighted by molar-refractivity contribution is 0.415. The summed E-state index contributed by atoms with van der Waals surface area (Å²) in [4.78, 5) is 7.10. The van der Waals surface area contributed by atoms with Crippen molar-refractivity contribution in [3.63, 3.8) is 0 Å². The second-order valence-corrected chi connectivity index (χ2v) is 20.4. The minimum Gasteiger partial charge on any atom is -0.497 e. The third kappa shape index (κ3) is 13.9. The van der Waals surface area contributed by atoms with E-state index in [4.69, 9.17) is 14.9 Å². The normalized spacial score (nSPS) is 11.8. The number of ether oxygens (including phenoxy) is 1. The lowest BCUT2D eigenvalue weighted by atomic mass is 10.0. The highest BCUT2D eigenvalue weighted by Crippen LogP contribution is 2.43. The first kappa shape index (κ1) is 50.5. The van der Waals surface area contributed by atoms with Crippen LogP contribution in [0.1, 0.15) is 150 Å². The molecule has 358 valence electrons. The van der Waals surface area contributed by atoms with Crippen molar-refractivity contribution in [2.75, 3.05) is 12.0 Å². The highest BCUT2D eigenvalue weighted by atomic mass is 32.1. The minimum atomic E-state index is -0.885. The smallest absolute Gasteiger partial charge is 0.170 e. The van der Waals surface area contributed by atoms with Gasteiger partial charge in [-0.2, -0.15) is 15.0 Å². The van der Waals surface area contributed by atoms with E-state index in [1.807, 2.05) is 68.5 Å². The molecule has 9 heteroatoms. The standard InChI is InChI=1S/C59H70F2N4OS2/c1-5-7-8-9-10-11-12-13-14-15-16-17-18-19-20-21-22-23-43-64-62-58-54(52-41-25-44(3)67-52)56(60)57(61)55(59(58)63-64)53-42-40-51(68-53)39-30-46-28-33-48(34-29-46)65(49-35-37-50(66-4)38-36-49)47-31-26-45(24-6-2)27-32-47/h6,24-42H,5,7-23,43H2,1-4H3/b24-6+,39-30+. The Balaban J connectivity index is 0.975. The van der Waals surface area contributed by atoms with Gasteiger partial charge in [-0.15, -0.1) is 22.7 Å². The zero-order valence-electron chi connectivity index (χ0n) is 40.8. The fourth-order valence-electron chi connectivity index (χ4n) is 8.98. The molecule has 68 heavy (non-hydrogen) atoms. The van der Waals surface area contributed by atoms with Crippen molar-refractivity contribution in [2.45, 2.75) is 143 Å². The maximum Gasteiger partial charge on any atom is 0.170 e. The average Bonchev–Trinajstić information content (AvgIpc) is 4.12. The molecule has 0 aliphatic carbocycles. The second kappa shape index (κ2) is 26.4. The Hall–Kier alpha value is -5.38. The first-order chi connectivity index (χ1) is 33.4. The molecule has 0 N–H and O–H groups in total. The molecule has 0 unspecified atom stereocenters. The fraction of sp³-hybridized carbons (Fsp3) is 0.390. The largest absolute Gasteiger partial charge is 0.497 e. The van der Waals surface area contributed by atoms with Crippen LogP contribution in [-0.2, 0) is 6.54 Å². The van der Waals surface area contributed by atoms with E-state index in [1.165, 1.54) is 125 Å². The van der Waals surface area contributed by atoms with Gasteiger partial charge in [0, 0.05) is 36.6 Å². The Kier molecular flexibility index (Phi) is 19.6. The van der Waals surface area contributed by atoms with Crippen LogP contribution in [-0.4, -0.2) is 22.1 Å². The van der Waals surface area contributed by atoms with Crippen LogP contribution in [0.3, 0.4) is 0 Å². The van der Waals surface area contributed by atoms with E-state index in [2.05, 4.69) is 78.6 Å². The molecule has 3 heterocycles. The number of unbranched alkanes of at least 4 members (excludes halogenated alkanes) is 17. The fourth-order valence-corrected chi connectivity index (χ4v) is 10.8. The maximum atomic E-state index is 16.4. The van der Waals surface area contributed by atoms with E-state index < -0.39 is 11.6 Å². The third-order valence-corrected chi connectivity index (χ3v) is 14.9. The van der Waals surface area contributed by atoms with Crippen LogP contribution in [0.2, 0.25) is 0 Å². The second-order valence-electron chi connectivity index (χ2n) is 18.0. The predicted octanol–water partition coefficient (Wildman–Crippen LogP) is 19.2. The van der Waals surface area contributed by atoms with Crippen LogP contribution in [0, 0.1) is 18.6 Å². The molecule has 0 saturated carbocycles. The van der Waals surface area contributed by atoms with Crippen molar-refractivity contribution in [3.8, 4) is 26.6 Å². The van der Waals surface area contributed by atoms with Crippen LogP contribution in [0.5, 0.6) is 5.75 Å². The molecule has 0 bridgehead atoms. The van der Waals surface area contributed by atoms with E-state index in [9.17, 15) is 0 Å². The van der Waals surface area contributed by atoms with E-state index >= 15 is 8.78 Å². The zero-order valence-corrected chi connectivity index (χ0v) is 42.4. The molecule has 7 rings (SSSR count). The Morgan fingerprint density at radius 3 is 1.43 bits per heavy atom. The number of allylic oxidation sites excluding steroid dienone is 1. The molecule has 0 saturated heterocycles. The van der Waals surface area contributed by atoms with Crippen LogP contribution in [0.25, 0.3) is 50.1 Å². The van der Waals surface area contributed by atoms with Crippen molar-refractivity contribution in [3.05, 3.63) is 136 Å². The van der Waals surface area contributed by atoms with Gasteiger partial charge in [0.25, 0.3) is 0 Å². The molecule has 0 aliphatic rings. The molecule has 7 aromatic rings. The number of aryl methyl sites for hydroxylation is 2. The van der Waals surface area contributed by atoms with Crippen molar-refractivity contribution >= 4 is 69.0 Å². The monoisotopic (exact) mass is 952 g/mol. The van der Waals surface area contributed by atoms with Crippen LogP contribution >= 0.6 is 22.7 Å². The molecule has 4 aromatic carbocycles. The predicted molar refractivity (Wildman–Crippen MR) is 289 cm³/mol. The van der Waals surface area contributed by atoms with Gasteiger partial charge in [-0.3, -0.25) is 0 Å². The van der Waals surface area contributed by atoms with Gasteiger partial charge < -0.3 is 9.64 Å². The Morgan fingerprint density at radius 1 is 0.529 bits per heavy atom. The molecular weight excluding hydrogens is 883 g/mol. The number of hydrogen-bond acceptors (Lipinski definition) is 6. The number of methoxy groups -OCH3 is 1. The van der Waals surface area contributed by atoms with Crippen molar-refractivity contribution in [1.29, 1.82) is 0 Å². The average molecular weight is 953 g/mol. The highest BCUT2D eigenvalue weighted by Gasteiger charge is 2.27.